The minimum Gasteiger partial charge on any atom is -0.480 e. The number of amides is 1. The first-order valence-corrected chi connectivity index (χ1v) is 5.99. The molecule has 0 spiro atoms. The van der Waals surface area contributed by atoms with Crippen molar-refractivity contribution in [3.8, 4) is 0 Å². The zero-order chi connectivity index (χ0) is 16.4. The third-order valence-corrected chi connectivity index (χ3v) is 2.56. The summed E-state index contributed by atoms with van der Waals surface area (Å²) in [7, 11) is 0. The van der Waals surface area contributed by atoms with Gasteiger partial charge in [0.2, 0.25) is 5.82 Å². The molecule has 1 atom stereocenters. The molecule has 0 fully saturated rings. The number of nitrogens with zero attached hydrogens (tertiary/aromatic N) is 2. The molecule has 6 nitrogen and oxygen atoms in total. The highest BCUT2D eigenvalue weighted by Gasteiger charge is 2.36. The number of carboxylic acids is 1. The maximum atomic E-state index is 12.6. The Balaban J connectivity index is 3.08. The van der Waals surface area contributed by atoms with Gasteiger partial charge in [0.25, 0.3) is 5.91 Å². The molecule has 0 bridgehead atoms. The standard InChI is InChI=1S/C12H14F3N3O3/c1-5(2)8(10(20)21)18-9(19)7-4-6(3)16-11(17-7)12(13,14)15/h4-5,8H,1-3H3,(H,18,19)(H,20,21)/t8-/m1/s1. The fourth-order valence-corrected chi connectivity index (χ4v) is 1.54. The average molecular weight is 305 g/mol. The fourth-order valence-electron chi connectivity index (χ4n) is 1.54. The van der Waals surface area contributed by atoms with Crippen LogP contribution in [0.3, 0.4) is 0 Å². The van der Waals surface area contributed by atoms with Crippen molar-refractivity contribution < 1.29 is 27.9 Å². The summed E-state index contributed by atoms with van der Waals surface area (Å²) >= 11 is 0. The van der Waals surface area contributed by atoms with Crippen LogP contribution >= 0.6 is 0 Å². The zero-order valence-corrected chi connectivity index (χ0v) is 11.5. The second-order valence-electron chi connectivity index (χ2n) is 4.75. The molecule has 1 rings (SSSR count). The minimum absolute atomic E-state index is 0.0427. The predicted molar refractivity (Wildman–Crippen MR) is 65.5 cm³/mol. The van der Waals surface area contributed by atoms with Crippen molar-refractivity contribution in [1.82, 2.24) is 15.3 Å². The van der Waals surface area contributed by atoms with Gasteiger partial charge < -0.3 is 10.4 Å². The van der Waals surface area contributed by atoms with Gasteiger partial charge in [0.15, 0.2) is 0 Å². The first-order valence-electron chi connectivity index (χ1n) is 5.99. The van der Waals surface area contributed by atoms with E-state index in [1.807, 2.05) is 0 Å². The second kappa shape index (κ2) is 6.06. The van der Waals surface area contributed by atoms with Crippen LogP contribution in [0.1, 0.15) is 35.9 Å². The van der Waals surface area contributed by atoms with Gasteiger partial charge in [0.05, 0.1) is 0 Å². The first-order chi connectivity index (χ1) is 9.52. The second-order valence-corrected chi connectivity index (χ2v) is 4.75. The largest absolute Gasteiger partial charge is 0.480 e. The van der Waals surface area contributed by atoms with E-state index in [0.717, 1.165) is 6.07 Å². The molecule has 1 heterocycles. The molecule has 1 aromatic heterocycles. The number of aliphatic carboxylic acids is 1. The average Bonchev–Trinajstić information content (AvgIpc) is 2.32. The van der Waals surface area contributed by atoms with Crippen molar-refractivity contribution in [2.24, 2.45) is 5.92 Å². The van der Waals surface area contributed by atoms with E-state index in [9.17, 15) is 22.8 Å². The van der Waals surface area contributed by atoms with Crippen molar-refractivity contribution >= 4 is 11.9 Å². The van der Waals surface area contributed by atoms with Crippen molar-refractivity contribution in [1.29, 1.82) is 0 Å². The van der Waals surface area contributed by atoms with Crippen LogP contribution in [0.15, 0.2) is 6.07 Å². The van der Waals surface area contributed by atoms with Crippen molar-refractivity contribution in [3.63, 3.8) is 0 Å². The Kier molecular flexibility index (Phi) is 4.87. The molecule has 2 N–H and O–H groups in total. The number of aromatic nitrogens is 2. The van der Waals surface area contributed by atoms with Crippen molar-refractivity contribution in [3.05, 3.63) is 23.3 Å². The Morgan fingerprint density at radius 1 is 1.29 bits per heavy atom. The van der Waals surface area contributed by atoms with Gasteiger partial charge in [-0.1, -0.05) is 13.8 Å². The lowest BCUT2D eigenvalue weighted by Gasteiger charge is -2.18. The molecule has 9 heteroatoms. The van der Waals surface area contributed by atoms with Crippen LogP contribution in [-0.4, -0.2) is 33.0 Å². The van der Waals surface area contributed by atoms with Gasteiger partial charge in [-0.05, 0) is 18.9 Å². The summed E-state index contributed by atoms with van der Waals surface area (Å²) in [5.74, 6) is -4.15. The molecule has 1 amide bonds. The summed E-state index contributed by atoms with van der Waals surface area (Å²) in [4.78, 5) is 29.2. The molecule has 0 aliphatic carbocycles. The molecule has 21 heavy (non-hydrogen) atoms. The van der Waals surface area contributed by atoms with Crippen LogP contribution < -0.4 is 5.32 Å². The van der Waals surface area contributed by atoms with Gasteiger partial charge in [-0.2, -0.15) is 13.2 Å². The summed E-state index contributed by atoms with van der Waals surface area (Å²) in [5, 5.41) is 11.1. The van der Waals surface area contributed by atoms with Gasteiger partial charge in [0.1, 0.15) is 11.7 Å². The third-order valence-electron chi connectivity index (χ3n) is 2.56. The Morgan fingerprint density at radius 3 is 2.29 bits per heavy atom. The molecule has 0 aliphatic heterocycles. The third kappa shape index (κ3) is 4.40. The van der Waals surface area contributed by atoms with E-state index in [0.29, 0.717) is 0 Å². The van der Waals surface area contributed by atoms with Gasteiger partial charge in [-0.15, -0.1) is 0 Å². The summed E-state index contributed by atoms with van der Waals surface area (Å²) in [6, 6.07) is -0.161. The smallest absolute Gasteiger partial charge is 0.451 e. The fraction of sp³-hybridized carbons (Fsp3) is 0.500. The van der Waals surface area contributed by atoms with E-state index < -0.39 is 41.5 Å². The van der Waals surface area contributed by atoms with E-state index in [4.69, 9.17) is 5.11 Å². The SMILES string of the molecule is Cc1cc(C(=O)N[C@@H](C(=O)O)C(C)C)nc(C(F)(F)F)n1. The molecule has 0 unspecified atom stereocenters. The number of carbonyl (C=O) groups excluding carboxylic acids is 1. The lowest BCUT2D eigenvalue weighted by molar-refractivity contribution is -0.145. The normalized spacial score (nSPS) is 13.1. The highest BCUT2D eigenvalue weighted by molar-refractivity contribution is 5.95. The number of halogens is 3. The van der Waals surface area contributed by atoms with Crippen LogP contribution in [0, 0.1) is 12.8 Å². The molecule has 0 aliphatic rings. The number of nitrogens with one attached hydrogen (secondary N) is 1. The van der Waals surface area contributed by atoms with Crippen LogP contribution in [0.5, 0.6) is 0 Å². The predicted octanol–water partition coefficient (Wildman–Crippen LogP) is 1.64. The Bertz CT molecular complexity index is 558. The molecule has 116 valence electrons. The summed E-state index contributed by atoms with van der Waals surface area (Å²) in [6.45, 7) is 4.40. The first kappa shape index (κ1) is 16.9. The number of carbonyl (C=O) groups is 2. The lowest BCUT2D eigenvalue weighted by Crippen LogP contribution is -2.44. The molecular weight excluding hydrogens is 291 g/mol. The number of hydrogen-bond acceptors (Lipinski definition) is 4. The molecule has 0 aromatic carbocycles. The summed E-state index contributed by atoms with van der Waals surface area (Å²) in [5.41, 5.74) is -0.569. The van der Waals surface area contributed by atoms with Crippen LogP contribution in [0.2, 0.25) is 0 Å². The highest BCUT2D eigenvalue weighted by atomic mass is 19.4. The monoisotopic (exact) mass is 305 g/mol. The topological polar surface area (TPSA) is 92.2 Å². The van der Waals surface area contributed by atoms with Gasteiger partial charge in [-0.25, -0.2) is 14.8 Å². The van der Waals surface area contributed by atoms with Crippen LogP contribution in [-0.2, 0) is 11.0 Å². The zero-order valence-electron chi connectivity index (χ0n) is 11.5. The Morgan fingerprint density at radius 2 is 1.86 bits per heavy atom. The molecular formula is C12H14F3N3O3. The lowest BCUT2D eigenvalue weighted by atomic mass is 10.0. The van der Waals surface area contributed by atoms with E-state index >= 15 is 0 Å². The van der Waals surface area contributed by atoms with Gasteiger partial charge >= 0.3 is 12.1 Å². The van der Waals surface area contributed by atoms with E-state index in [1.165, 1.54) is 6.92 Å². The summed E-state index contributed by atoms with van der Waals surface area (Å²) < 4.78 is 37.7. The number of carboxylic acid groups (broad SMARTS) is 1. The number of hydrogen-bond donors (Lipinski definition) is 2. The Hall–Kier alpha value is -2.19. The highest BCUT2D eigenvalue weighted by Crippen LogP contribution is 2.26. The number of rotatable bonds is 4. The molecule has 0 radical (unpaired) electrons. The van der Waals surface area contributed by atoms with E-state index in [1.54, 1.807) is 13.8 Å². The van der Waals surface area contributed by atoms with Gasteiger partial charge in [0, 0.05) is 5.69 Å². The summed E-state index contributed by atoms with van der Waals surface area (Å²) in [6.07, 6.45) is -4.79. The Labute approximate surface area is 118 Å². The quantitative estimate of drug-likeness (QED) is 0.882. The molecule has 0 saturated heterocycles. The number of alkyl halides is 3. The maximum absolute atomic E-state index is 12.6. The van der Waals surface area contributed by atoms with Crippen molar-refractivity contribution in [2.75, 3.05) is 0 Å². The molecule has 0 saturated carbocycles. The van der Waals surface area contributed by atoms with Crippen LogP contribution in [0.4, 0.5) is 13.2 Å². The van der Waals surface area contributed by atoms with E-state index in [-0.39, 0.29) is 5.69 Å². The van der Waals surface area contributed by atoms with Gasteiger partial charge in [-0.3, -0.25) is 4.79 Å². The maximum Gasteiger partial charge on any atom is 0.451 e. The minimum atomic E-state index is -4.79. The van der Waals surface area contributed by atoms with E-state index in [2.05, 4.69) is 15.3 Å². The van der Waals surface area contributed by atoms with Crippen LogP contribution in [0.25, 0.3) is 0 Å². The molecule has 1 aromatic rings. The number of aryl methyl sites for hydroxylation is 1. The van der Waals surface area contributed by atoms with Crippen molar-refractivity contribution in [2.45, 2.75) is 33.0 Å².